The standard InChI is InChI=1S/C11H12F2O3/c12-11(13)8-3-1-7(2-4-8)9(14)5-6-10(15)16/h1-4,9,11,14H,5-6H2,(H,15,16). The summed E-state index contributed by atoms with van der Waals surface area (Å²) >= 11 is 0. The number of alkyl halides is 2. The number of halogens is 2. The van der Waals surface area contributed by atoms with E-state index in [1.807, 2.05) is 0 Å². The van der Waals surface area contributed by atoms with Gasteiger partial charge in [-0.1, -0.05) is 24.3 Å². The number of hydrogen-bond donors (Lipinski definition) is 2. The molecule has 1 unspecified atom stereocenters. The second-order valence-electron chi connectivity index (χ2n) is 3.42. The zero-order valence-electron chi connectivity index (χ0n) is 8.44. The summed E-state index contributed by atoms with van der Waals surface area (Å²) in [4.78, 5) is 10.3. The summed E-state index contributed by atoms with van der Waals surface area (Å²) in [7, 11) is 0. The van der Waals surface area contributed by atoms with Crippen LogP contribution in [0.3, 0.4) is 0 Å². The minimum Gasteiger partial charge on any atom is -0.481 e. The van der Waals surface area contributed by atoms with Gasteiger partial charge in [0.25, 0.3) is 6.43 Å². The smallest absolute Gasteiger partial charge is 0.303 e. The summed E-state index contributed by atoms with van der Waals surface area (Å²) in [6.07, 6.45) is -3.55. The number of carboxylic acid groups (broad SMARTS) is 1. The van der Waals surface area contributed by atoms with Gasteiger partial charge in [0.15, 0.2) is 0 Å². The molecule has 1 rings (SSSR count). The Morgan fingerprint density at radius 3 is 2.12 bits per heavy atom. The van der Waals surface area contributed by atoms with Crippen LogP contribution in [0.1, 0.15) is 36.5 Å². The van der Waals surface area contributed by atoms with Crippen LogP contribution in [0.25, 0.3) is 0 Å². The van der Waals surface area contributed by atoms with Gasteiger partial charge >= 0.3 is 5.97 Å². The zero-order valence-corrected chi connectivity index (χ0v) is 8.44. The number of rotatable bonds is 5. The van der Waals surface area contributed by atoms with E-state index in [0.29, 0.717) is 5.56 Å². The quantitative estimate of drug-likeness (QED) is 0.817. The van der Waals surface area contributed by atoms with E-state index in [9.17, 15) is 18.7 Å². The van der Waals surface area contributed by atoms with Crippen LogP contribution in [0.2, 0.25) is 0 Å². The molecule has 0 bridgehead atoms. The molecule has 0 spiro atoms. The Hall–Kier alpha value is -1.49. The van der Waals surface area contributed by atoms with Crippen LogP contribution >= 0.6 is 0 Å². The van der Waals surface area contributed by atoms with Crippen molar-refractivity contribution in [2.24, 2.45) is 0 Å². The van der Waals surface area contributed by atoms with E-state index in [0.717, 1.165) is 0 Å². The Morgan fingerprint density at radius 2 is 1.69 bits per heavy atom. The maximum absolute atomic E-state index is 12.2. The van der Waals surface area contributed by atoms with Gasteiger partial charge in [0.2, 0.25) is 0 Å². The van der Waals surface area contributed by atoms with Crippen molar-refractivity contribution in [2.45, 2.75) is 25.4 Å². The molecule has 0 saturated carbocycles. The Bertz CT molecular complexity index is 349. The molecule has 0 amide bonds. The average Bonchev–Trinajstić information content (AvgIpc) is 2.26. The first-order valence-corrected chi connectivity index (χ1v) is 4.78. The van der Waals surface area contributed by atoms with Crippen molar-refractivity contribution in [1.29, 1.82) is 0 Å². The SMILES string of the molecule is O=C(O)CCC(O)c1ccc(C(F)F)cc1. The summed E-state index contributed by atoms with van der Waals surface area (Å²) < 4.78 is 24.4. The Morgan fingerprint density at radius 1 is 1.19 bits per heavy atom. The van der Waals surface area contributed by atoms with Crippen LogP contribution in [0.5, 0.6) is 0 Å². The molecule has 0 aliphatic rings. The number of aliphatic hydroxyl groups is 1. The van der Waals surface area contributed by atoms with E-state index in [1.54, 1.807) is 0 Å². The van der Waals surface area contributed by atoms with Crippen molar-refractivity contribution in [2.75, 3.05) is 0 Å². The summed E-state index contributed by atoms with van der Waals surface area (Å²) in [5.41, 5.74) is 0.333. The molecule has 1 aromatic carbocycles. The molecule has 3 nitrogen and oxygen atoms in total. The van der Waals surface area contributed by atoms with Gasteiger partial charge in [-0.05, 0) is 12.0 Å². The highest BCUT2D eigenvalue weighted by Gasteiger charge is 2.11. The van der Waals surface area contributed by atoms with E-state index < -0.39 is 18.5 Å². The highest BCUT2D eigenvalue weighted by molar-refractivity contribution is 5.66. The Kier molecular flexibility index (Phi) is 4.37. The van der Waals surface area contributed by atoms with E-state index in [2.05, 4.69) is 0 Å². The first kappa shape index (κ1) is 12.6. The molecule has 5 heteroatoms. The highest BCUT2D eigenvalue weighted by Crippen LogP contribution is 2.23. The van der Waals surface area contributed by atoms with Crippen LogP contribution in [0, 0.1) is 0 Å². The zero-order chi connectivity index (χ0) is 12.1. The maximum Gasteiger partial charge on any atom is 0.303 e. The number of hydrogen-bond acceptors (Lipinski definition) is 2. The van der Waals surface area contributed by atoms with E-state index in [4.69, 9.17) is 5.11 Å². The highest BCUT2D eigenvalue weighted by atomic mass is 19.3. The van der Waals surface area contributed by atoms with E-state index in [-0.39, 0.29) is 18.4 Å². The van der Waals surface area contributed by atoms with Crippen molar-refractivity contribution in [3.05, 3.63) is 35.4 Å². The van der Waals surface area contributed by atoms with Crippen LogP contribution in [0.4, 0.5) is 8.78 Å². The molecule has 88 valence electrons. The molecule has 1 atom stereocenters. The van der Waals surface area contributed by atoms with Crippen molar-refractivity contribution in [1.82, 2.24) is 0 Å². The van der Waals surface area contributed by atoms with Crippen LogP contribution in [-0.2, 0) is 4.79 Å². The summed E-state index contributed by atoms with van der Waals surface area (Å²) in [6, 6.07) is 5.22. The summed E-state index contributed by atoms with van der Waals surface area (Å²) in [6.45, 7) is 0. The van der Waals surface area contributed by atoms with Gasteiger partial charge in [-0.2, -0.15) is 0 Å². The van der Waals surface area contributed by atoms with Crippen molar-refractivity contribution < 1.29 is 23.8 Å². The topological polar surface area (TPSA) is 57.5 Å². The van der Waals surface area contributed by atoms with Crippen molar-refractivity contribution >= 4 is 5.97 Å². The van der Waals surface area contributed by atoms with Crippen molar-refractivity contribution in [3.63, 3.8) is 0 Å². The summed E-state index contributed by atoms with van der Waals surface area (Å²) in [5.74, 6) is -0.997. The van der Waals surface area contributed by atoms with E-state index >= 15 is 0 Å². The minimum atomic E-state index is -2.54. The van der Waals surface area contributed by atoms with Crippen LogP contribution < -0.4 is 0 Å². The Labute approximate surface area is 91.3 Å². The predicted molar refractivity (Wildman–Crippen MR) is 53.2 cm³/mol. The molecule has 1 aromatic rings. The lowest BCUT2D eigenvalue weighted by atomic mass is 10.0. The normalized spacial score (nSPS) is 12.8. The number of carboxylic acids is 1. The third-order valence-electron chi connectivity index (χ3n) is 2.20. The lowest BCUT2D eigenvalue weighted by molar-refractivity contribution is -0.137. The fourth-order valence-electron chi connectivity index (χ4n) is 1.29. The average molecular weight is 230 g/mol. The predicted octanol–water partition coefficient (Wildman–Crippen LogP) is 2.52. The van der Waals surface area contributed by atoms with Gasteiger partial charge in [-0.3, -0.25) is 4.79 Å². The van der Waals surface area contributed by atoms with Gasteiger partial charge in [0.1, 0.15) is 0 Å². The van der Waals surface area contributed by atoms with Gasteiger partial charge < -0.3 is 10.2 Å². The molecular weight excluding hydrogens is 218 g/mol. The number of aliphatic carboxylic acids is 1. The molecule has 2 N–H and O–H groups in total. The molecule has 0 aromatic heterocycles. The molecular formula is C11H12F2O3. The third kappa shape index (κ3) is 3.58. The molecule has 0 heterocycles. The minimum absolute atomic E-state index is 0.0728. The summed E-state index contributed by atoms with van der Waals surface area (Å²) in [5, 5.41) is 18.0. The lowest BCUT2D eigenvalue weighted by Crippen LogP contribution is -2.02. The molecule has 0 saturated heterocycles. The first-order valence-electron chi connectivity index (χ1n) is 4.78. The molecule has 0 fully saturated rings. The van der Waals surface area contributed by atoms with Crippen LogP contribution in [-0.4, -0.2) is 16.2 Å². The Balaban J connectivity index is 2.62. The lowest BCUT2D eigenvalue weighted by Gasteiger charge is -2.10. The number of benzene rings is 1. The van der Waals surface area contributed by atoms with E-state index in [1.165, 1.54) is 24.3 Å². The third-order valence-corrected chi connectivity index (χ3v) is 2.20. The fraction of sp³-hybridized carbons (Fsp3) is 0.364. The molecule has 0 aliphatic carbocycles. The second-order valence-corrected chi connectivity index (χ2v) is 3.42. The van der Waals surface area contributed by atoms with Gasteiger partial charge in [-0.15, -0.1) is 0 Å². The number of carbonyl (C=O) groups is 1. The van der Waals surface area contributed by atoms with Gasteiger partial charge in [0, 0.05) is 12.0 Å². The van der Waals surface area contributed by atoms with Crippen molar-refractivity contribution in [3.8, 4) is 0 Å². The first-order chi connectivity index (χ1) is 7.50. The molecule has 0 radical (unpaired) electrons. The molecule has 16 heavy (non-hydrogen) atoms. The monoisotopic (exact) mass is 230 g/mol. The fourth-order valence-corrected chi connectivity index (χ4v) is 1.29. The number of aliphatic hydroxyl groups excluding tert-OH is 1. The van der Waals surface area contributed by atoms with Gasteiger partial charge in [-0.25, -0.2) is 8.78 Å². The second kappa shape index (κ2) is 5.55. The van der Waals surface area contributed by atoms with Gasteiger partial charge in [0.05, 0.1) is 6.10 Å². The van der Waals surface area contributed by atoms with Crippen LogP contribution in [0.15, 0.2) is 24.3 Å². The molecule has 0 aliphatic heterocycles. The largest absolute Gasteiger partial charge is 0.481 e. The maximum atomic E-state index is 12.2.